The van der Waals surface area contributed by atoms with Crippen LogP contribution >= 0.6 is 0 Å². The minimum Gasteiger partial charge on any atom is -0.497 e. The molecule has 240 valence electrons. The van der Waals surface area contributed by atoms with Crippen molar-refractivity contribution >= 4 is 27.5 Å². The minimum absolute atomic E-state index is 0.0468. The monoisotopic (exact) mass is 623 g/mol. The van der Waals surface area contributed by atoms with Crippen molar-refractivity contribution < 1.29 is 22.7 Å². The number of benzene rings is 2. The molecular weight excluding hydrogens is 574 g/mol. The van der Waals surface area contributed by atoms with Crippen molar-refractivity contribution in [3.05, 3.63) is 59.7 Å². The highest BCUT2D eigenvalue weighted by Crippen LogP contribution is 2.60. The molecule has 4 bridgehead atoms. The molecule has 2 atom stereocenters. The Labute approximate surface area is 263 Å². The summed E-state index contributed by atoms with van der Waals surface area (Å²) in [4.78, 5) is 29.0. The van der Waals surface area contributed by atoms with Gasteiger partial charge in [-0.2, -0.15) is 0 Å². The molecule has 44 heavy (non-hydrogen) atoms. The molecule has 0 radical (unpaired) electrons. The topological polar surface area (TPSA) is 96.0 Å². The van der Waals surface area contributed by atoms with Gasteiger partial charge >= 0.3 is 0 Å². The van der Waals surface area contributed by atoms with Crippen LogP contribution in [0, 0.1) is 17.8 Å². The molecule has 1 N–H and O–H groups in total. The first-order valence-corrected chi connectivity index (χ1v) is 18.1. The highest BCUT2D eigenvalue weighted by atomic mass is 32.2. The second-order valence-corrected chi connectivity index (χ2v) is 15.5. The summed E-state index contributed by atoms with van der Waals surface area (Å²) in [6.45, 7) is 5.56. The number of anilines is 1. The Hall–Kier alpha value is -3.07. The Morgan fingerprint density at radius 3 is 1.98 bits per heavy atom. The SMILES string of the molecule is CC[C@@H](C)NC(=O)[C@@H](CC)N(Cc1ccc(OC)cc1)C(=O)CN(c1ccc(C23CC4CC(CC(C4)C2)C3)cc1)S(C)(=O)=O. The Kier molecular flexibility index (Phi) is 9.64. The summed E-state index contributed by atoms with van der Waals surface area (Å²) in [6, 6.07) is 14.5. The van der Waals surface area contributed by atoms with Crippen molar-refractivity contribution in [2.75, 3.05) is 24.2 Å². The highest BCUT2D eigenvalue weighted by Gasteiger charge is 2.51. The number of sulfonamides is 1. The quantitative estimate of drug-likeness (QED) is 0.311. The molecule has 4 aliphatic rings. The summed E-state index contributed by atoms with van der Waals surface area (Å²) < 4.78 is 32.8. The molecule has 9 heteroatoms. The van der Waals surface area contributed by atoms with Crippen molar-refractivity contribution in [3.63, 3.8) is 0 Å². The van der Waals surface area contributed by atoms with Gasteiger partial charge in [-0.25, -0.2) is 8.42 Å². The lowest BCUT2D eigenvalue weighted by atomic mass is 9.48. The van der Waals surface area contributed by atoms with Gasteiger partial charge in [0.1, 0.15) is 18.3 Å². The van der Waals surface area contributed by atoms with Gasteiger partial charge in [0, 0.05) is 12.6 Å². The van der Waals surface area contributed by atoms with Gasteiger partial charge in [-0.1, -0.05) is 38.1 Å². The van der Waals surface area contributed by atoms with Crippen LogP contribution in [0.2, 0.25) is 0 Å². The first-order chi connectivity index (χ1) is 20.9. The predicted molar refractivity (Wildman–Crippen MR) is 174 cm³/mol. The molecule has 2 aromatic carbocycles. The molecule has 8 nitrogen and oxygen atoms in total. The summed E-state index contributed by atoms with van der Waals surface area (Å²) in [7, 11) is -2.20. The van der Waals surface area contributed by atoms with Gasteiger partial charge in [-0.05, 0) is 117 Å². The van der Waals surface area contributed by atoms with Crippen LogP contribution in [0.15, 0.2) is 48.5 Å². The number of ether oxygens (including phenoxy) is 1. The number of hydrogen-bond donors (Lipinski definition) is 1. The van der Waals surface area contributed by atoms with E-state index in [9.17, 15) is 18.0 Å². The van der Waals surface area contributed by atoms with Crippen LogP contribution in [0.1, 0.15) is 83.3 Å². The van der Waals surface area contributed by atoms with E-state index in [0.29, 0.717) is 17.9 Å². The minimum atomic E-state index is -3.79. The van der Waals surface area contributed by atoms with Crippen LogP contribution in [0.3, 0.4) is 0 Å². The Bertz CT molecular complexity index is 1390. The van der Waals surface area contributed by atoms with E-state index in [0.717, 1.165) is 36.0 Å². The van der Waals surface area contributed by atoms with Crippen molar-refractivity contribution in [3.8, 4) is 5.75 Å². The van der Waals surface area contributed by atoms with Crippen LogP contribution in [0.4, 0.5) is 5.69 Å². The van der Waals surface area contributed by atoms with Gasteiger partial charge in [-0.15, -0.1) is 0 Å². The van der Waals surface area contributed by atoms with Crippen LogP contribution in [-0.2, 0) is 31.6 Å². The Balaban J connectivity index is 1.40. The lowest BCUT2D eigenvalue weighted by Gasteiger charge is -2.57. The van der Waals surface area contributed by atoms with Gasteiger partial charge in [0.25, 0.3) is 0 Å². The van der Waals surface area contributed by atoms with Crippen LogP contribution in [-0.4, -0.2) is 57.1 Å². The van der Waals surface area contributed by atoms with E-state index >= 15 is 0 Å². The number of carbonyl (C=O) groups excluding carboxylic acids is 2. The molecule has 0 aliphatic heterocycles. The number of nitrogens with zero attached hydrogens (tertiary/aromatic N) is 2. The second-order valence-electron chi connectivity index (χ2n) is 13.6. The zero-order chi connectivity index (χ0) is 31.6. The maximum Gasteiger partial charge on any atom is 0.244 e. The van der Waals surface area contributed by atoms with Crippen LogP contribution < -0.4 is 14.4 Å². The molecule has 2 amide bonds. The summed E-state index contributed by atoms with van der Waals surface area (Å²) in [5, 5.41) is 3.01. The van der Waals surface area contributed by atoms with Crippen molar-refractivity contribution in [1.82, 2.24) is 10.2 Å². The van der Waals surface area contributed by atoms with E-state index < -0.39 is 28.5 Å². The molecule has 6 rings (SSSR count). The van der Waals surface area contributed by atoms with Crippen molar-refractivity contribution in [1.29, 1.82) is 0 Å². The Morgan fingerprint density at radius 2 is 1.50 bits per heavy atom. The average molecular weight is 624 g/mol. The van der Waals surface area contributed by atoms with Crippen LogP contribution in [0.25, 0.3) is 0 Å². The fourth-order valence-electron chi connectivity index (χ4n) is 8.35. The predicted octanol–water partition coefficient (Wildman–Crippen LogP) is 5.65. The van der Waals surface area contributed by atoms with Crippen molar-refractivity contribution in [2.45, 2.75) is 96.2 Å². The normalized spacial score (nSPS) is 25.2. The maximum absolute atomic E-state index is 14.1. The van der Waals surface area contributed by atoms with E-state index in [-0.39, 0.29) is 23.9 Å². The van der Waals surface area contributed by atoms with Gasteiger partial charge in [0.05, 0.1) is 19.1 Å². The smallest absolute Gasteiger partial charge is 0.244 e. The number of rotatable bonds is 13. The number of carbonyl (C=O) groups is 2. The van der Waals surface area contributed by atoms with E-state index in [4.69, 9.17) is 4.74 Å². The second kappa shape index (κ2) is 13.1. The first-order valence-electron chi connectivity index (χ1n) is 16.3. The average Bonchev–Trinajstić information content (AvgIpc) is 2.98. The number of methoxy groups -OCH3 is 1. The van der Waals surface area contributed by atoms with Gasteiger partial charge < -0.3 is 15.0 Å². The van der Waals surface area contributed by atoms with E-state index in [1.165, 1.54) is 53.3 Å². The molecule has 0 heterocycles. The molecule has 4 saturated carbocycles. The molecule has 0 saturated heterocycles. The van der Waals surface area contributed by atoms with Gasteiger partial charge in [0.2, 0.25) is 21.8 Å². The Morgan fingerprint density at radius 1 is 0.932 bits per heavy atom. The molecular formula is C35H49N3O5S. The van der Waals surface area contributed by atoms with E-state index in [2.05, 4.69) is 17.4 Å². The number of amides is 2. The molecule has 0 aromatic heterocycles. The number of hydrogen-bond acceptors (Lipinski definition) is 5. The first kappa shape index (κ1) is 32.3. The van der Waals surface area contributed by atoms with Crippen LogP contribution in [0.5, 0.6) is 5.75 Å². The lowest BCUT2D eigenvalue weighted by molar-refractivity contribution is -0.140. The van der Waals surface area contributed by atoms with E-state index in [1.54, 1.807) is 7.11 Å². The fraction of sp³-hybridized carbons (Fsp3) is 0.600. The third-order valence-electron chi connectivity index (χ3n) is 10.4. The zero-order valence-corrected chi connectivity index (χ0v) is 27.7. The third kappa shape index (κ3) is 6.93. The zero-order valence-electron chi connectivity index (χ0n) is 26.9. The molecule has 0 unspecified atom stereocenters. The molecule has 0 spiro atoms. The molecule has 4 aliphatic carbocycles. The standard InChI is InChI=1S/C35H49N3O5S/c1-6-24(3)36-34(40)32(7-2)37(22-25-8-14-31(43-4)15-9-25)33(39)23-38(44(5,41)42)30-12-10-29(11-13-30)35-19-26-16-27(20-35)18-28(17-26)21-35/h8-15,24,26-28,32H,6-7,16-23H2,1-5H3,(H,36,40)/t24-,26?,27?,28?,32-,35?/m1/s1. The maximum atomic E-state index is 14.1. The number of nitrogens with one attached hydrogen (secondary N) is 1. The largest absolute Gasteiger partial charge is 0.497 e. The summed E-state index contributed by atoms with van der Waals surface area (Å²) in [6.07, 6.45) is 10.1. The summed E-state index contributed by atoms with van der Waals surface area (Å²) in [5.41, 5.74) is 2.79. The highest BCUT2D eigenvalue weighted by molar-refractivity contribution is 7.92. The molecule has 2 aromatic rings. The fourth-order valence-corrected chi connectivity index (χ4v) is 9.20. The molecule has 4 fully saturated rings. The lowest BCUT2D eigenvalue weighted by Crippen LogP contribution is -2.53. The third-order valence-corrected chi connectivity index (χ3v) is 11.5. The summed E-state index contributed by atoms with van der Waals surface area (Å²) in [5.74, 6) is 2.45. The van der Waals surface area contributed by atoms with Gasteiger partial charge in [0.15, 0.2) is 0 Å². The van der Waals surface area contributed by atoms with Crippen molar-refractivity contribution in [2.24, 2.45) is 17.8 Å². The summed E-state index contributed by atoms with van der Waals surface area (Å²) >= 11 is 0. The van der Waals surface area contributed by atoms with Gasteiger partial charge in [-0.3, -0.25) is 13.9 Å². The van der Waals surface area contributed by atoms with E-state index in [1.807, 2.05) is 57.2 Å².